The highest BCUT2D eigenvalue weighted by atomic mass is 32.2. The lowest BCUT2D eigenvalue weighted by Gasteiger charge is -2.15. The molecule has 2 nitrogen and oxygen atoms in total. The van der Waals surface area contributed by atoms with Crippen LogP contribution in [0.25, 0.3) is 0 Å². The molecule has 1 rings (SSSR count). The van der Waals surface area contributed by atoms with E-state index in [2.05, 4.69) is 5.43 Å². The summed E-state index contributed by atoms with van der Waals surface area (Å²) >= 11 is 1.70. The van der Waals surface area contributed by atoms with Gasteiger partial charge in [0, 0.05) is 6.04 Å². The van der Waals surface area contributed by atoms with Gasteiger partial charge in [0.25, 0.3) is 0 Å². The smallest absolute Gasteiger partial charge is 0.162 e. The van der Waals surface area contributed by atoms with Crippen LogP contribution in [0.4, 0.5) is 8.78 Å². The minimum Gasteiger partial charge on any atom is -0.271 e. The second-order valence-corrected chi connectivity index (χ2v) is 4.55. The van der Waals surface area contributed by atoms with E-state index in [9.17, 15) is 8.78 Å². The molecule has 0 spiro atoms. The predicted octanol–water partition coefficient (Wildman–Crippen LogP) is 2.09. The molecule has 0 aliphatic heterocycles. The Morgan fingerprint density at radius 1 is 1.44 bits per heavy atom. The Hall–Kier alpha value is -0.650. The first-order valence-corrected chi connectivity index (χ1v) is 6.46. The number of nitrogens with one attached hydrogen (secondary N) is 1. The van der Waals surface area contributed by atoms with Gasteiger partial charge in [0.1, 0.15) is 0 Å². The van der Waals surface area contributed by atoms with E-state index in [0.717, 1.165) is 18.2 Å². The van der Waals surface area contributed by atoms with Gasteiger partial charge < -0.3 is 0 Å². The van der Waals surface area contributed by atoms with Crippen molar-refractivity contribution in [2.45, 2.75) is 18.9 Å². The fourth-order valence-electron chi connectivity index (χ4n) is 1.48. The van der Waals surface area contributed by atoms with Crippen molar-refractivity contribution in [2.75, 3.05) is 12.0 Å². The predicted molar refractivity (Wildman–Crippen MR) is 64.2 cm³/mol. The van der Waals surface area contributed by atoms with Crippen LogP contribution in [0.2, 0.25) is 0 Å². The summed E-state index contributed by atoms with van der Waals surface area (Å²) in [6.07, 6.45) is 3.23. The SMILES string of the molecule is CSCCC(Cc1cccc(F)c1F)NN. The molecule has 0 radical (unpaired) electrons. The Kier molecular flexibility index (Phi) is 5.73. The van der Waals surface area contributed by atoms with Crippen LogP contribution in [0.3, 0.4) is 0 Å². The van der Waals surface area contributed by atoms with Gasteiger partial charge in [-0.25, -0.2) is 8.78 Å². The molecule has 0 aliphatic rings. The number of rotatable bonds is 6. The number of thioether (sulfide) groups is 1. The molecule has 90 valence electrons. The van der Waals surface area contributed by atoms with Crippen molar-refractivity contribution in [3.8, 4) is 0 Å². The summed E-state index contributed by atoms with van der Waals surface area (Å²) in [6, 6.07) is 4.19. The molecule has 0 aliphatic carbocycles. The van der Waals surface area contributed by atoms with E-state index in [0.29, 0.717) is 12.0 Å². The number of hydrazine groups is 1. The molecule has 1 aromatic rings. The summed E-state index contributed by atoms with van der Waals surface area (Å²) in [7, 11) is 0. The zero-order valence-electron chi connectivity index (χ0n) is 9.17. The molecule has 0 saturated carbocycles. The summed E-state index contributed by atoms with van der Waals surface area (Å²) in [6.45, 7) is 0. The van der Waals surface area contributed by atoms with Gasteiger partial charge >= 0.3 is 0 Å². The van der Waals surface area contributed by atoms with Gasteiger partial charge in [0.15, 0.2) is 11.6 Å². The van der Waals surface area contributed by atoms with E-state index < -0.39 is 11.6 Å². The third-order valence-corrected chi connectivity index (χ3v) is 3.05. The molecule has 3 N–H and O–H groups in total. The Morgan fingerprint density at radius 3 is 2.81 bits per heavy atom. The molecule has 0 amide bonds. The standard InChI is InChI=1S/C11H16F2N2S/c1-16-6-5-9(15-14)7-8-3-2-4-10(12)11(8)13/h2-4,9,15H,5-7,14H2,1H3. The van der Waals surface area contributed by atoms with Crippen LogP contribution in [-0.4, -0.2) is 18.1 Å². The van der Waals surface area contributed by atoms with Crippen molar-refractivity contribution in [3.63, 3.8) is 0 Å². The van der Waals surface area contributed by atoms with Gasteiger partial charge in [-0.3, -0.25) is 11.3 Å². The summed E-state index contributed by atoms with van der Waals surface area (Å²) in [4.78, 5) is 0. The van der Waals surface area contributed by atoms with E-state index in [1.165, 1.54) is 6.07 Å². The van der Waals surface area contributed by atoms with E-state index >= 15 is 0 Å². The minimum absolute atomic E-state index is 0.0243. The lowest BCUT2D eigenvalue weighted by Crippen LogP contribution is -2.37. The van der Waals surface area contributed by atoms with Crippen molar-refractivity contribution in [3.05, 3.63) is 35.4 Å². The van der Waals surface area contributed by atoms with E-state index in [1.54, 1.807) is 17.8 Å². The van der Waals surface area contributed by atoms with Gasteiger partial charge in [0.05, 0.1) is 0 Å². The fraction of sp³-hybridized carbons (Fsp3) is 0.455. The number of hydrogen-bond donors (Lipinski definition) is 2. The molecule has 0 saturated heterocycles. The minimum atomic E-state index is -0.807. The molecule has 0 fully saturated rings. The quantitative estimate of drug-likeness (QED) is 0.596. The van der Waals surface area contributed by atoms with Crippen LogP contribution >= 0.6 is 11.8 Å². The van der Waals surface area contributed by atoms with Crippen molar-refractivity contribution < 1.29 is 8.78 Å². The summed E-state index contributed by atoms with van der Waals surface area (Å²) in [5, 5.41) is 0. The molecular formula is C11H16F2N2S. The van der Waals surface area contributed by atoms with Crippen molar-refractivity contribution in [1.29, 1.82) is 0 Å². The Morgan fingerprint density at radius 2 is 2.19 bits per heavy atom. The molecular weight excluding hydrogens is 230 g/mol. The lowest BCUT2D eigenvalue weighted by atomic mass is 10.0. The zero-order chi connectivity index (χ0) is 12.0. The van der Waals surface area contributed by atoms with Gasteiger partial charge in [-0.1, -0.05) is 12.1 Å². The van der Waals surface area contributed by atoms with Gasteiger partial charge in [-0.2, -0.15) is 11.8 Å². The topological polar surface area (TPSA) is 38.0 Å². The van der Waals surface area contributed by atoms with Gasteiger partial charge in [0.2, 0.25) is 0 Å². The number of benzene rings is 1. The van der Waals surface area contributed by atoms with Gasteiger partial charge in [-0.15, -0.1) is 0 Å². The second-order valence-electron chi connectivity index (χ2n) is 3.56. The molecule has 5 heteroatoms. The number of hydrogen-bond acceptors (Lipinski definition) is 3. The van der Waals surface area contributed by atoms with Crippen molar-refractivity contribution >= 4 is 11.8 Å². The second kappa shape index (κ2) is 6.83. The Balaban J connectivity index is 2.66. The molecule has 0 bridgehead atoms. The van der Waals surface area contributed by atoms with Gasteiger partial charge in [-0.05, 0) is 36.5 Å². The molecule has 1 atom stereocenters. The monoisotopic (exact) mass is 246 g/mol. The fourth-order valence-corrected chi connectivity index (χ4v) is 2.00. The van der Waals surface area contributed by atoms with Crippen LogP contribution in [0.15, 0.2) is 18.2 Å². The maximum absolute atomic E-state index is 13.4. The third kappa shape index (κ3) is 3.73. The lowest BCUT2D eigenvalue weighted by molar-refractivity contribution is 0.471. The van der Waals surface area contributed by atoms with Crippen LogP contribution in [0.5, 0.6) is 0 Å². The summed E-state index contributed by atoms with van der Waals surface area (Å²) in [5.41, 5.74) is 2.99. The normalized spacial score (nSPS) is 12.8. The number of halogens is 2. The maximum Gasteiger partial charge on any atom is 0.162 e. The average molecular weight is 246 g/mol. The third-order valence-electron chi connectivity index (χ3n) is 2.40. The molecule has 1 unspecified atom stereocenters. The Bertz CT molecular complexity index is 334. The van der Waals surface area contributed by atoms with Crippen LogP contribution in [-0.2, 0) is 6.42 Å². The zero-order valence-corrected chi connectivity index (χ0v) is 9.99. The summed E-state index contributed by atoms with van der Waals surface area (Å²) in [5.74, 6) is 4.73. The Labute approximate surface area is 98.6 Å². The highest BCUT2D eigenvalue weighted by Gasteiger charge is 2.13. The van der Waals surface area contributed by atoms with Crippen molar-refractivity contribution in [2.24, 2.45) is 5.84 Å². The first kappa shape index (κ1) is 13.4. The molecule has 1 aromatic carbocycles. The van der Waals surface area contributed by atoms with Crippen LogP contribution in [0.1, 0.15) is 12.0 Å². The van der Waals surface area contributed by atoms with Crippen molar-refractivity contribution in [1.82, 2.24) is 5.43 Å². The molecule has 16 heavy (non-hydrogen) atoms. The first-order chi connectivity index (χ1) is 7.69. The van der Waals surface area contributed by atoms with E-state index in [4.69, 9.17) is 5.84 Å². The molecule has 0 heterocycles. The van der Waals surface area contributed by atoms with E-state index in [-0.39, 0.29) is 6.04 Å². The number of nitrogens with two attached hydrogens (primary N) is 1. The average Bonchev–Trinajstić information content (AvgIpc) is 2.30. The summed E-state index contributed by atoms with van der Waals surface area (Å²) < 4.78 is 26.3. The first-order valence-electron chi connectivity index (χ1n) is 5.07. The highest BCUT2D eigenvalue weighted by Crippen LogP contribution is 2.14. The largest absolute Gasteiger partial charge is 0.271 e. The molecule has 0 aromatic heterocycles. The maximum atomic E-state index is 13.4. The highest BCUT2D eigenvalue weighted by molar-refractivity contribution is 7.98. The van der Waals surface area contributed by atoms with Crippen LogP contribution < -0.4 is 11.3 Å². The van der Waals surface area contributed by atoms with Crippen LogP contribution in [0, 0.1) is 11.6 Å². The van der Waals surface area contributed by atoms with E-state index in [1.807, 2.05) is 6.26 Å².